The third kappa shape index (κ3) is 5.25. The van der Waals surface area contributed by atoms with Gasteiger partial charge in [0.15, 0.2) is 0 Å². The third-order valence-electron chi connectivity index (χ3n) is 6.35. The van der Waals surface area contributed by atoms with E-state index in [0.717, 1.165) is 24.4 Å². The summed E-state index contributed by atoms with van der Waals surface area (Å²) in [6, 6.07) is 14.7. The van der Waals surface area contributed by atoms with Gasteiger partial charge in [-0.2, -0.15) is 11.8 Å². The first kappa shape index (κ1) is 23.4. The van der Waals surface area contributed by atoms with Crippen LogP contribution in [0.2, 0.25) is 0 Å². The van der Waals surface area contributed by atoms with Crippen molar-refractivity contribution >= 4 is 33.4 Å². The van der Waals surface area contributed by atoms with Crippen molar-refractivity contribution in [3.63, 3.8) is 0 Å². The van der Waals surface area contributed by atoms with Gasteiger partial charge in [-0.1, -0.05) is 56.3 Å². The van der Waals surface area contributed by atoms with Crippen LogP contribution in [0.25, 0.3) is 21.7 Å². The Balaban J connectivity index is 1.71. The molecule has 2 aromatic carbocycles. The molecule has 2 atom stereocenters. The van der Waals surface area contributed by atoms with Gasteiger partial charge in [-0.3, -0.25) is 9.78 Å². The van der Waals surface area contributed by atoms with E-state index in [1.54, 1.807) is 0 Å². The minimum Gasteiger partial charge on any atom is -0.344 e. The number of fused-ring (bicyclic) bond motifs is 2. The number of nitrogens with one attached hydrogen (secondary N) is 2. The number of aromatic nitrogens is 3. The van der Waals surface area contributed by atoms with Gasteiger partial charge in [0.1, 0.15) is 0 Å². The molecule has 0 fully saturated rings. The van der Waals surface area contributed by atoms with Gasteiger partial charge < -0.3 is 14.5 Å². The Hall–Kier alpha value is -2.77. The zero-order valence-corrected chi connectivity index (χ0v) is 20.5. The fourth-order valence-corrected chi connectivity index (χ4v) is 5.56. The molecule has 0 spiro atoms. The molecule has 4 rings (SSSR count). The summed E-state index contributed by atoms with van der Waals surface area (Å²) in [6.07, 6.45) is 2.68. The summed E-state index contributed by atoms with van der Waals surface area (Å²) < 4.78 is 2.14. The molecule has 0 saturated carbocycles. The maximum atomic E-state index is 12.8. The Morgan fingerprint density at radius 3 is 2.58 bits per heavy atom. The minimum atomic E-state index is -0.470. The van der Waals surface area contributed by atoms with Gasteiger partial charge in [0.05, 0.1) is 10.9 Å². The van der Waals surface area contributed by atoms with Crippen molar-refractivity contribution in [1.29, 1.82) is 0 Å². The van der Waals surface area contributed by atoms with Crippen LogP contribution in [-0.2, 0) is 13.0 Å². The predicted octanol–water partition coefficient (Wildman–Crippen LogP) is 4.08. The monoisotopic (exact) mass is 464 g/mol. The predicted molar refractivity (Wildman–Crippen MR) is 140 cm³/mol. The lowest BCUT2D eigenvalue weighted by Crippen LogP contribution is -2.23. The van der Waals surface area contributed by atoms with E-state index in [0.29, 0.717) is 28.6 Å². The van der Waals surface area contributed by atoms with Gasteiger partial charge in [0.25, 0.3) is 5.56 Å². The zero-order chi connectivity index (χ0) is 23.5. The standard InChI is InChI=1S/C26H32N4O2S/c1-17(18(2)33-13-12-29(3)4)14-23-24-22(27-26(32)28-25(24)31)16-30(23)15-20-10-7-9-19-8-5-6-11-21(19)20/h5-11,16-18H,12-15H2,1-4H3,(H2,27,28,31,32). The first-order chi connectivity index (χ1) is 15.8. The van der Waals surface area contributed by atoms with Crippen LogP contribution in [0.4, 0.5) is 0 Å². The fourth-order valence-electron chi connectivity index (χ4n) is 4.30. The molecule has 0 amide bonds. The summed E-state index contributed by atoms with van der Waals surface area (Å²) in [5.41, 5.74) is 1.97. The van der Waals surface area contributed by atoms with Gasteiger partial charge in [-0.05, 0) is 42.8 Å². The third-order valence-corrected chi connectivity index (χ3v) is 7.76. The molecule has 2 heterocycles. The molecule has 2 aromatic heterocycles. The fraction of sp³-hybridized carbons (Fsp3) is 0.385. The van der Waals surface area contributed by atoms with Crippen molar-refractivity contribution in [3.8, 4) is 0 Å². The average molecular weight is 465 g/mol. The minimum absolute atomic E-state index is 0.319. The van der Waals surface area contributed by atoms with E-state index in [-0.39, 0.29) is 5.56 Å². The number of rotatable bonds is 9. The van der Waals surface area contributed by atoms with Crippen LogP contribution in [-0.4, -0.2) is 51.1 Å². The quantitative estimate of drug-likeness (QED) is 0.391. The van der Waals surface area contributed by atoms with Crippen LogP contribution in [0.15, 0.2) is 58.3 Å². The van der Waals surface area contributed by atoms with Crippen molar-refractivity contribution in [2.45, 2.75) is 32.1 Å². The molecular weight excluding hydrogens is 432 g/mol. The van der Waals surface area contributed by atoms with E-state index in [1.807, 2.05) is 24.0 Å². The largest absolute Gasteiger partial charge is 0.344 e. The van der Waals surface area contributed by atoms with Crippen LogP contribution in [0, 0.1) is 5.92 Å². The number of benzene rings is 2. The molecule has 2 N–H and O–H groups in total. The van der Waals surface area contributed by atoms with Crippen molar-refractivity contribution in [2.75, 3.05) is 26.4 Å². The van der Waals surface area contributed by atoms with Crippen molar-refractivity contribution < 1.29 is 0 Å². The number of thioether (sulfide) groups is 1. The van der Waals surface area contributed by atoms with E-state index in [9.17, 15) is 9.59 Å². The number of H-pyrrole nitrogens is 2. The first-order valence-corrected chi connectivity index (χ1v) is 12.5. The average Bonchev–Trinajstić information content (AvgIpc) is 3.10. The summed E-state index contributed by atoms with van der Waals surface area (Å²) in [5.74, 6) is 1.44. The molecule has 33 heavy (non-hydrogen) atoms. The Labute approximate surface area is 198 Å². The lowest BCUT2D eigenvalue weighted by atomic mass is 10.0. The zero-order valence-electron chi connectivity index (χ0n) is 19.7. The van der Waals surface area contributed by atoms with Crippen LogP contribution < -0.4 is 11.2 Å². The molecule has 0 aliphatic carbocycles. The summed E-state index contributed by atoms with van der Waals surface area (Å²) >= 11 is 1.96. The smallest absolute Gasteiger partial charge is 0.326 e. The van der Waals surface area contributed by atoms with E-state index in [2.05, 4.69) is 83.8 Å². The lowest BCUT2D eigenvalue weighted by Gasteiger charge is -2.22. The highest BCUT2D eigenvalue weighted by molar-refractivity contribution is 7.99. The molecule has 6 nitrogen and oxygen atoms in total. The highest BCUT2D eigenvalue weighted by Gasteiger charge is 2.20. The second kappa shape index (κ2) is 10.0. The van der Waals surface area contributed by atoms with E-state index < -0.39 is 5.69 Å². The van der Waals surface area contributed by atoms with E-state index in [1.165, 1.54) is 16.3 Å². The molecule has 0 aliphatic heterocycles. The SMILES string of the molecule is CC(Cc1c2c(=O)[nH]c(=O)[nH]c2cn1Cc1cccc2ccccc12)C(C)SCCN(C)C. The Morgan fingerprint density at radius 2 is 1.79 bits per heavy atom. The molecule has 2 unspecified atom stereocenters. The Morgan fingerprint density at radius 1 is 1.03 bits per heavy atom. The second-order valence-electron chi connectivity index (χ2n) is 9.10. The summed E-state index contributed by atoms with van der Waals surface area (Å²) in [6.45, 7) is 6.19. The summed E-state index contributed by atoms with van der Waals surface area (Å²) in [7, 11) is 4.18. The van der Waals surface area contributed by atoms with Gasteiger partial charge in [-0.25, -0.2) is 4.79 Å². The molecule has 0 radical (unpaired) electrons. The first-order valence-electron chi connectivity index (χ1n) is 11.4. The highest BCUT2D eigenvalue weighted by Crippen LogP contribution is 2.27. The van der Waals surface area contributed by atoms with Crippen LogP contribution in [0.5, 0.6) is 0 Å². The molecule has 0 aliphatic rings. The topological polar surface area (TPSA) is 73.9 Å². The Bertz CT molecular complexity index is 1360. The van der Waals surface area contributed by atoms with Gasteiger partial charge in [0, 0.05) is 36.0 Å². The molecule has 7 heteroatoms. The maximum absolute atomic E-state index is 12.8. The van der Waals surface area contributed by atoms with Crippen LogP contribution in [0.1, 0.15) is 25.1 Å². The van der Waals surface area contributed by atoms with Crippen LogP contribution >= 0.6 is 11.8 Å². The molecule has 4 aromatic rings. The van der Waals surface area contributed by atoms with Crippen molar-refractivity contribution in [1.82, 2.24) is 19.4 Å². The van der Waals surface area contributed by atoms with E-state index >= 15 is 0 Å². The molecule has 0 bridgehead atoms. The van der Waals surface area contributed by atoms with Crippen molar-refractivity contribution in [2.24, 2.45) is 5.92 Å². The Kier molecular flexibility index (Phi) is 7.10. The van der Waals surface area contributed by atoms with E-state index in [4.69, 9.17) is 0 Å². The summed E-state index contributed by atoms with van der Waals surface area (Å²) in [4.78, 5) is 32.2. The van der Waals surface area contributed by atoms with Gasteiger partial charge >= 0.3 is 5.69 Å². The summed E-state index contributed by atoms with van der Waals surface area (Å²) in [5, 5.41) is 3.43. The van der Waals surface area contributed by atoms with Crippen LogP contribution in [0.3, 0.4) is 0 Å². The lowest BCUT2D eigenvalue weighted by molar-refractivity contribution is 0.436. The maximum Gasteiger partial charge on any atom is 0.326 e. The molecule has 0 saturated heterocycles. The number of hydrogen-bond donors (Lipinski definition) is 2. The molecule has 174 valence electrons. The highest BCUT2D eigenvalue weighted by atomic mass is 32.2. The van der Waals surface area contributed by atoms with Crippen molar-refractivity contribution in [3.05, 3.63) is 80.8 Å². The van der Waals surface area contributed by atoms with Gasteiger partial charge in [0.2, 0.25) is 0 Å². The molecular formula is C26H32N4O2S. The number of nitrogens with zero attached hydrogens (tertiary/aromatic N) is 2. The number of aromatic amines is 2. The normalized spacial score (nSPS) is 13.7. The van der Waals surface area contributed by atoms with Gasteiger partial charge in [-0.15, -0.1) is 0 Å². The number of hydrogen-bond acceptors (Lipinski definition) is 4. The second-order valence-corrected chi connectivity index (χ2v) is 10.6.